The molecule has 0 atom stereocenters. The fourth-order valence-corrected chi connectivity index (χ4v) is 2.13. The van der Waals surface area contributed by atoms with Crippen LogP contribution in [0.2, 0.25) is 0 Å². The minimum atomic E-state index is -0.523. The second-order valence-corrected chi connectivity index (χ2v) is 5.06. The van der Waals surface area contributed by atoms with Gasteiger partial charge in [-0.25, -0.2) is 0 Å². The molecular formula is C16H25N3O5. The third kappa shape index (κ3) is 6.13. The van der Waals surface area contributed by atoms with Gasteiger partial charge in [-0.3, -0.25) is 14.9 Å². The molecule has 8 heteroatoms. The maximum absolute atomic E-state index is 12.3. The first-order valence-electron chi connectivity index (χ1n) is 7.94. The van der Waals surface area contributed by atoms with Crippen LogP contribution >= 0.6 is 0 Å². The number of nitrogens with zero attached hydrogens (tertiary/aromatic N) is 2. The number of hydrogen-bond donors (Lipinski definition) is 1. The van der Waals surface area contributed by atoms with E-state index >= 15 is 0 Å². The average Bonchev–Trinajstić information content (AvgIpc) is 2.58. The summed E-state index contributed by atoms with van der Waals surface area (Å²) >= 11 is 0. The van der Waals surface area contributed by atoms with Crippen molar-refractivity contribution < 1.29 is 19.2 Å². The van der Waals surface area contributed by atoms with Gasteiger partial charge in [-0.05, 0) is 19.2 Å². The molecule has 0 saturated carbocycles. The van der Waals surface area contributed by atoms with E-state index in [1.54, 1.807) is 0 Å². The van der Waals surface area contributed by atoms with Crippen molar-refractivity contribution in [3.63, 3.8) is 0 Å². The van der Waals surface area contributed by atoms with E-state index in [2.05, 4.69) is 24.1 Å². The van der Waals surface area contributed by atoms with Crippen molar-refractivity contribution in [3.05, 3.63) is 33.9 Å². The Balaban J connectivity index is 2.79. The first kappa shape index (κ1) is 19.9. The van der Waals surface area contributed by atoms with Gasteiger partial charge in [0.25, 0.3) is 11.6 Å². The molecule has 0 unspecified atom stereocenters. The van der Waals surface area contributed by atoms with Crippen LogP contribution in [0.3, 0.4) is 0 Å². The summed E-state index contributed by atoms with van der Waals surface area (Å²) in [7, 11) is 1.53. The summed E-state index contributed by atoms with van der Waals surface area (Å²) in [6.07, 6.45) is 0. The number of nitro benzene ring substituents is 1. The van der Waals surface area contributed by atoms with Crippen LogP contribution in [-0.4, -0.2) is 62.2 Å². The molecule has 24 heavy (non-hydrogen) atoms. The Morgan fingerprint density at radius 1 is 1.29 bits per heavy atom. The predicted octanol–water partition coefficient (Wildman–Crippen LogP) is 1.69. The summed E-state index contributed by atoms with van der Waals surface area (Å²) in [4.78, 5) is 24.9. The highest BCUT2D eigenvalue weighted by molar-refractivity contribution is 5.97. The standard InChI is InChI=1S/C16H25N3O5/c1-4-18(5-2)9-8-17-16(20)14-7-6-13(19(21)22)12-15(14)24-11-10-23-3/h6-7,12H,4-5,8-11H2,1-3H3,(H,17,20). The molecule has 0 aromatic heterocycles. The Kier molecular flexibility index (Phi) is 8.74. The molecule has 0 bridgehead atoms. The lowest BCUT2D eigenvalue weighted by atomic mass is 10.1. The summed E-state index contributed by atoms with van der Waals surface area (Å²) in [6, 6.07) is 3.96. The summed E-state index contributed by atoms with van der Waals surface area (Å²) in [5.74, 6) is -0.133. The van der Waals surface area contributed by atoms with Crippen LogP contribution < -0.4 is 10.1 Å². The fourth-order valence-electron chi connectivity index (χ4n) is 2.13. The minimum Gasteiger partial charge on any atom is -0.490 e. The molecule has 0 spiro atoms. The molecule has 0 heterocycles. The number of nitro groups is 1. The molecule has 0 aliphatic rings. The Morgan fingerprint density at radius 2 is 2.00 bits per heavy atom. The van der Waals surface area contributed by atoms with Crippen molar-refractivity contribution in [2.45, 2.75) is 13.8 Å². The van der Waals surface area contributed by atoms with Gasteiger partial charge in [-0.2, -0.15) is 0 Å². The first-order valence-corrected chi connectivity index (χ1v) is 7.94. The van der Waals surface area contributed by atoms with Crippen LogP contribution in [-0.2, 0) is 4.74 Å². The van der Waals surface area contributed by atoms with E-state index in [0.717, 1.165) is 19.6 Å². The van der Waals surface area contributed by atoms with Gasteiger partial charge in [0.1, 0.15) is 12.4 Å². The number of amides is 1. The lowest BCUT2D eigenvalue weighted by Gasteiger charge is -2.18. The number of rotatable bonds is 11. The zero-order chi connectivity index (χ0) is 17.9. The lowest BCUT2D eigenvalue weighted by Crippen LogP contribution is -2.35. The van der Waals surface area contributed by atoms with Gasteiger partial charge >= 0.3 is 0 Å². The highest BCUT2D eigenvalue weighted by atomic mass is 16.6. The van der Waals surface area contributed by atoms with E-state index in [-0.39, 0.29) is 29.5 Å². The van der Waals surface area contributed by atoms with Gasteiger partial charge < -0.3 is 19.7 Å². The minimum absolute atomic E-state index is 0.123. The summed E-state index contributed by atoms with van der Waals surface area (Å²) in [6.45, 7) is 7.71. The van der Waals surface area contributed by atoms with Crippen molar-refractivity contribution in [2.24, 2.45) is 0 Å². The molecule has 1 rings (SSSR count). The second kappa shape index (κ2) is 10.6. The average molecular weight is 339 g/mol. The van der Waals surface area contributed by atoms with Gasteiger partial charge in [-0.1, -0.05) is 13.8 Å². The van der Waals surface area contributed by atoms with Crippen LogP contribution in [0.1, 0.15) is 24.2 Å². The zero-order valence-corrected chi connectivity index (χ0v) is 14.4. The largest absolute Gasteiger partial charge is 0.490 e. The highest BCUT2D eigenvalue weighted by Gasteiger charge is 2.17. The van der Waals surface area contributed by atoms with Crippen molar-refractivity contribution in [1.29, 1.82) is 0 Å². The topological polar surface area (TPSA) is 93.9 Å². The van der Waals surface area contributed by atoms with E-state index in [9.17, 15) is 14.9 Å². The number of carbonyl (C=O) groups is 1. The predicted molar refractivity (Wildman–Crippen MR) is 90.6 cm³/mol. The van der Waals surface area contributed by atoms with Crippen molar-refractivity contribution >= 4 is 11.6 Å². The van der Waals surface area contributed by atoms with E-state index in [4.69, 9.17) is 9.47 Å². The van der Waals surface area contributed by atoms with Gasteiger partial charge in [0.05, 0.1) is 23.2 Å². The maximum Gasteiger partial charge on any atom is 0.273 e. The molecule has 1 N–H and O–H groups in total. The van der Waals surface area contributed by atoms with Crippen molar-refractivity contribution in [1.82, 2.24) is 10.2 Å². The third-order valence-electron chi connectivity index (χ3n) is 3.57. The molecule has 8 nitrogen and oxygen atoms in total. The SMILES string of the molecule is CCN(CC)CCNC(=O)c1ccc([N+](=O)[O-])cc1OCCOC. The molecular weight excluding hydrogens is 314 g/mol. The van der Waals surface area contributed by atoms with E-state index in [1.165, 1.54) is 25.3 Å². The third-order valence-corrected chi connectivity index (χ3v) is 3.57. The highest BCUT2D eigenvalue weighted by Crippen LogP contribution is 2.25. The van der Waals surface area contributed by atoms with Gasteiger partial charge in [0, 0.05) is 26.3 Å². The Bertz CT molecular complexity index is 547. The second-order valence-electron chi connectivity index (χ2n) is 5.06. The number of non-ortho nitro benzene ring substituents is 1. The molecule has 0 aliphatic heterocycles. The summed E-state index contributed by atoms with van der Waals surface area (Å²) in [5.41, 5.74) is 0.151. The number of carbonyl (C=O) groups excluding carboxylic acids is 1. The molecule has 134 valence electrons. The summed E-state index contributed by atoms with van der Waals surface area (Å²) in [5, 5.41) is 13.7. The Labute approximate surface area is 141 Å². The number of likely N-dealkylation sites (N-methyl/N-ethyl adjacent to an activating group) is 1. The molecule has 0 fully saturated rings. The first-order chi connectivity index (χ1) is 11.5. The van der Waals surface area contributed by atoms with Crippen LogP contribution in [0.25, 0.3) is 0 Å². The van der Waals surface area contributed by atoms with E-state index in [0.29, 0.717) is 13.2 Å². The van der Waals surface area contributed by atoms with E-state index in [1.807, 2.05) is 0 Å². The van der Waals surface area contributed by atoms with Crippen LogP contribution in [0.15, 0.2) is 18.2 Å². The Hall–Kier alpha value is -2.19. The fraction of sp³-hybridized carbons (Fsp3) is 0.562. The van der Waals surface area contributed by atoms with Crippen LogP contribution in [0.4, 0.5) is 5.69 Å². The van der Waals surface area contributed by atoms with Crippen LogP contribution in [0.5, 0.6) is 5.75 Å². The lowest BCUT2D eigenvalue weighted by molar-refractivity contribution is -0.384. The van der Waals surface area contributed by atoms with Gasteiger partial charge in [0.2, 0.25) is 0 Å². The van der Waals surface area contributed by atoms with Gasteiger partial charge in [-0.15, -0.1) is 0 Å². The van der Waals surface area contributed by atoms with Crippen molar-refractivity contribution in [3.8, 4) is 5.75 Å². The number of benzene rings is 1. The van der Waals surface area contributed by atoms with Crippen LogP contribution in [0, 0.1) is 10.1 Å². The number of nitrogens with one attached hydrogen (secondary N) is 1. The molecule has 0 radical (unpaired) electrons. The quantitative estimate of drug-likeness (QED) is 0.375. The monoisotopic (exact) mass is 339 g/mol. The molecule has 0 saturated heterocycles. The van der Waals surface area contributed by atoms with Gasteiger partial charge in [0.15, 0.2) is 0 Å². The maximum atomic E-state index is 12.3. The normalized spacial score (nSPS) is 10.7. The molecule has 1 amide bonds. The smallest absolute Gasteiger partial charge is 0.273 e. The molecule has 1 aromatic rings. The number of methoxy groups -OCH3 is 1. The molecule has 0 aliphatic carbocycles. The number of ether oxygens (including phenoxy) is 2. The van der Waals surface area contributed by atoms with Crippen molar-refractivity contribution in [2.75, 3.05) is 46.5 Å². The summed E-state index contributed by atoms with van der Waals surface area (Å²) < 4.78 is 10.4. The number of hydrogen-bond acceptors (Lipinski definition) is 6. The molecule has 1 aromatic carbocycles. The van der Waals surface area contributed by atoms with E-state index < -0.39 is 4.92 Å². The zero-order valence-electron chi connectivity index (χ0n) is 14.4. The Morgan fingerprint density at radius 3 is 2.58 bits per heavy atom.